The molecule has 110 valence electrons. The van der Waals surface area contributed by atoms with Crippen molar-refractivity contribution in [2.75, 3.05) is 26.2 Å². The monoisotopic (exact) mass is 274 g/mol. The first kappa shape index (κ1) is 14.1. The summed E-state index contributed by atoms with van der Waals surface area (Å²) in [6.45, 7) is 4.15. The van der Waals surface area contributed by atoms with Gasteiger partial charge in [-0.1, -0.05) is 24.3 Å². The van der Waals surface area contributed by atoms with Crippen molar-refractivity contribution in [3.05, 3.63) is 35.4 Å². The maximum Gasteiger partial charge on any atom is 0.0558 e. The Morgan fingerprint density at radius 2 is 1.95 bits per heavy atom. The second-order valence-corrected chi connectivity index (χ2v) is 6.27. The molecule has 3 rings (SSSR count). The molecule has 2 N–H and O–H groups in total. The Morgan fingerprint density at radius 3 is 2.55 bits per heavy atom. The van der Waals surface area contributed by atoms with Crippen molar-refractivity contribution in [3.8, 4) is 0 Å². The number of benzene rings is 1. The number of aliphatic hydroxyl groups excluding tert-OH is 1. The standard InChI is InChI=1S/C17H26N2O/c20-11-10-19(13-17-2-1-9-18-17)12-14-3-5-15(6-4-14)16-7-8-16/h3-6,16-18,20H,1-2,7-13H2. The normalized spacial score (nSPS) is 22.6. The third-order valence-electron chi connectivity index (χ3n) is 4.49. The van der Waals surface area contributed by atoms with Crippen molar-refractivity contribution in [1.29, 1.82) is 0 Å². The summed E-state index contributed by atoms with van der Waals surface area (Å²) in [7, 11) is 0. The second-order valence-electron chi connectivity index (χ2n) is 6.27. The highest BCUT2D eigenvalue weighted by molar-refractivity contribution is 5.28. The number of nitrogens with one attached hydrogen (secondary N) is 1. The van der Waals surface area contributed by atoms with Crippen LogP contribution in [-0.4, -0.2) is 42.3 Å². The van der Waals surface area contributed by atoms with Crippen molar-refractivity contribution >= 4 is 0 Å². The molecule has 1 heterocycles. The number of hydrogen-bond donors (Lipinski definition) is 2. The minimum atomic E-state index is 0.243. The fourth-order valence-electron chi connectivity index (χ4n) is 3.17. The van der Waals surface area contributed by atoms with E-state index in [2.05, 4.69) is 34.5 Å². The average molecular weight is 274 g/mol. The fraction of sp³-hybridized carbons (Fsp3) is 0.647. The SMILES string of the molecule is OCCN(Cc1ccc(C2CC2)cc1)CC1CCCN1. The maximum absolute atomic E-state index is 9.25. The van der Waals surface area contributed by atoms with E-state index in [0.717, 1.165) is 32.1 Å². The molecule has 1 unspecified atom stereocenters. The molecule has 0 spiro atoms. The molecule has 20 heavy (non-hydrogen) atoms. The molecule has 2 fully saturated rings. The molecule has 1 aromatic rings. The van der Waals surface area contributed by atoms with Gasteiger partial charge in [0.05, 0.1) is 6.61 Å². The Bertz CT molecular complexity index is 408. The predicted octanol–water partition coefficient (Wildman–Crippen LogP) is 2.11. The summed E-state index contributed by atoms with van der Waals surface area (Å²) in [4.78, 5) is 2.37. The minimum absolute atomic E-state index is 0.243. The smallest absolute Gasteiger partial charge is 0.0558 e. The molecule has 1 aliphatic carbocycles. The van der Waals surface area contributed by atoms with Crippen LogP contribution in [0.5, 0.6) is 0 Å². The molecule has 3 heteroatoms. The first-order valence-electron chi connectivity index (χ1n) is 8.00. The summed E-state index contributed by atoms with van der Waals surface area (Å²) in [5.74, 6) is 0.834. The van der Waals surface area contributed by atoms with Gasteiger partial charge in [-0.15, -0.1) is 0 Å². The largest absolute Gasteiger partial charge is 0.395 e. The topological polar surface area (TPSA) is 35.5 Å². The summed E-state index contributed by atoms with van der Waals surface area (Å²) in [5, 5.41) is 12.8. The van der Waals surface area contributed by atoms with Crippen LogP contribution in [0.25, 0.3) is 0 Å². The molecule has 0 aromatic heterocycles. The Kier molecular flexibility index (Phi) is 4.71. The van der Waals surface area contributed by atoms with Gasteiger partial charge in [-0.05, 0) is 49.3 Å². The Balaban J connectivity index is 1.56. The number of nitrogens with zero attached hydrogens (tertiary/aromatic N) is 1. The first-order valence-corrected chi connectivity index (χ1v) is 8.00. The van der Waals surface area contributed by atoms with E-state index >= 15 is 0 Å². The molecule has 3 nitrogen and oxygen atoms in total. The molecule has 2 aliphatic rings. The predicted molar refractivity (Wildman–Crippen MR) is 81.8 cm³/mol. The van der Waals surface area contributed by atoms with E-state index in [1.807, 2.05) is 0 Å². The molecule has 1 aliphatic heterocycles. The van der Waals surface area contributed by atoms with Gasteiger partial charge in [0.1, 0.15) is 0 Å². The number of rotatable bonds is 7. The van der Waals surface area contributed by atoms with Gasteiger partial charge in [0.15, 0.2) is 0 Å². The van der Waals surface area contributed by atoms with Gasteiger partial charge in [0, 0.05) is 25.7 Å². The van der Waals surface area contributed by atoms with Crippen molar-refractivity contribution < 1.29 is 5.11 Å². The van der Waals surface area contributed by atoms with Crippen LogP contribution in [0.4, 0.5) is 0 Å². The van der Waals surface area contributed by atoms with Crippen LogP contribution in [0.1, 0.15) is 42.7 Å². The van der Waals surface area contributed by atoms with E-state index in [4.69, 9.17) is 0 Å². The maximum atomic E-state index is 9.25. The summed E-state index contributed by atoms with van der Waals surface area (Å²) in [5.41, 5.74) is 2.86. The Labute approximate surface area is 122 Å². The zero-order valence-corrected chi connectivity index (χ0v) is 12.2. The van der Waals surface area contributed by atoms with Crippen LogP contribution in [0.15, 0.2) is 24.3 Å². The van der Waals surface area contributed by atoms with Crippen LogP contribution in [0, 0.1) is 0 Å². The van der Waals surface area contributed by atoms with Crippen LogP contribution < -0.4 is 5.32 Å². The van der Waals surface area contributed by atoms with Crippen molar-refractivity contribution in [2.24, 2.45) is 0 Å². The molecular formula is C17H26N2O. The van der Waals surface area contributed by atoms with Crippen LogP contribution >= 0.6 is 0 Å². The zero-order chi connectivity index (χ0) is 13.8. The summed E-state index contributed by atoms with van der Waals surface area (Å²) in [6, 6.07) is 9.71. The minimum Gasteiger partial charge on any atom is -0.395 e. The first-order chi connectivity index (χ1) is 9.85. The van der Waals surface area contributed by atoms with Gasteiger partial charge < -0.3 is 10.4 Å². The van der Waals surface area contributed by atoms with Crippen LogP contribution in [0.3, 0.4) is 0 Å². The molecular weight excluding hydrogens is 248 g/mol. The van der Waals surface area contributed by atoms with Gasteiger partial charge in [-0.2, -0.15) is 0 Å². The quantitative estimate of drug-likeness (QED) is 0.799. The van der Waals surface area contributed by atoms with Crippen molar-refractivity contribution in [3.63, 3.8) is 0 Å². The van der Waals surface area contributed by atoms with Crippen molar-refractivity contribution in [2.45, 2.75) is 44.2 Å². The number of hydrogen-bond acceptors (Lipinski definition) is 3. The van der Waals surface area contributed by atoms with Crippen LogP contribution in [-0.2, 0) is 6.54 Å². The van der Waals surface area contributed by atoms with E-state index in [0.29, 0.717) is 6.04 Å². The molecule has 1 saturated heterocycles. The summed E-state index contributed by atoms with van der Waals surface area (Å²) in [6.07, 6.45) is 5.28. The van der Waals surface area contributed by atoms with E-state index in [-0.39, 0.29) is 6.61 Å². The van der Waals surface area contributed by atoms with Gasteiger partial charge in [0.25, 0.3) is 0 Å². The van der Waals surface area contributed by atoms with Gasteiger partial charge in [-0.3, -0.25) is 4.90 Å². The molecule has 1 aromatic carbocycles. The van der Waals surface area contributed by atoms with E-state index in [1.54, 1.807) is 0 Å². The molecule has 0 amide bonds. The summed E-state index contributed by atoms with van der Waals surface area (Å²) >= 11 is 0. The Morgan fingerprint density at radius 1 is 1.15 bits per heavy atom. The zero-order valence-electron chi connectivity index (χ0n) is 12.2. The fourth-order valence-corrected chi connectivity index (χ4v) is 3.17. The van der Waals surface area contributed by atoms with Crippen LogP contribution in [0.2, 0.25) is 0 Å². The summed E-state index contributed by atoms with van der Waals surface area (Å²) < 4.78 is 0. The van der Waals surface area contributed by atoms with Gasteiger partial charge >= 0.3 is 0 Å². The lowest BCUT2D eigenvalue weighted by atomic mass is 10.1. The van der Waals surface area contributed by atoms with Crippen molar-refractivity contribution in [1.82, 2.24) is 10.2 Å². The lowest BCUT2D eigenvalue weighted by molar-refractivity contribution is 0.179. The molecule has 1 saturated carbocycles. The van der Waals surface area contributed by atoms with E-state index < -0.39 is 0 Å². The Hall–Kier alpha value is -0.900. The third kappa shape index (κ3) is 3.81. The lowest BCUT2D eigenvalue weighted by Gasteiger charge is -2.25. The number of aliphatic hydroxyl groups is 1. The average Bonchev–Trinajstić information content (AvgIpc) is 3.18. The lowest BCUT2D eigenvalue weighted by Crippen LogP contribution is -2.38. The van der Waals surface area contributed by atoms with Gasteiger partial charge in [-0.25, -0.2) is 0 Å². The molecule has 0 bridgehead atoms. The highest BCUT2D eigenvalue weighted by atomic mass is 16.3. The van der Waals surface area contributed by atoms with E-state index in [9.17, 15) is 5.11 Å². The van der Waals surface area contributed by atoms with Gasteiger partial charge in [0.2, 0.25) is 0 Å². The second kappa shape index (κ2) is 6.70. The molecule has 1 atom stereocenters. The third-order valence-corrected chi connectivity index (χ3v) is 4.49. The molecule has 0 radical (unpaired) electrons. The highest BCUT2D eigenvalue weighted by Gasteiger charge is 2.23. The highest BCUT2D eigenvalue weighted by Crippen LogP contribution is 2.39. The van der Waals surface area contributed by atoms with E-state index in [1.165, 1.54) is 36.8 Å².